The van der Waals surface area contributed by atoms with E-state index in [1.165, 1.54) is 18.9 Å². The number of hydrogen-bond acceptors (Lipinski definition) is 6. The molecule has 0 radical (unpaired) electrons. The van der Waals surface area contributed by atoms with Crippen LogP contribution in [0.3, 0.4) is 0 Å². The lowest BCUT2D eigenvalue weighted by Crippen LogP contribution is -2.14. The Balaban J connectivity index is 1.62. The predicted octanol–water partition coefficient (Wildman–Crippen LogP) is 3.15. The van der Waals surface area contributed by atoms with Gasteiger partial charge in [0.25, 0.3) is 0 Å². The molecule has 3 rings (SSSR count). The summed E-state index contributed by atoms with van der Waals surface area (Å²) >= 11 is 1.33. The van der Waals surface area contributed by atoms with Crippen LogP contribution < -0.4 is 5.32 Å². The Morgan fingerprint density at radius 3 is 2.64 bits per heavy atom. The summed E-state index contributed by atoms with van der Waals surface area (Å²) in [5.41, 5.74) is 1.04. The number of benzene rings is 2. The van der Waals surface area contributed by atoms with Crippen LogP contribution in [0.25, 0.3) is 10.8 Å². The minimum atomic E-state index is -0.414. The third kappa shape index (κ3) is 4.13. The highest BCUT2D eigenvalue weighted by molar-refractivity contribution is 8.00. The van der Waals surface area contributed by atoms with Crippen molar-refractivity contribution in [1.29, 1.82) is 0 Å². The molecule has 0 saturated heterocycles. The largest absolute Gasteiger partial charge is 0.465 e. The molecule has 1 aromatic heterocycles. The molecule has 2 aromatic carbocycles. The van der Waals surface area contributed by atoms with Gasteiger partial charge in [0, 0.05) is 16.5 Å². The zero-order valence-corrected chi connectivity index (χ0v) is 14.2. The van der Waals surface area contributed by atoms with E-state index in [9.17, 15) is 9.59 Å². The van der Waals surface area contributed by atoms with Gasteiger partial charge in [-0.15, -0.1) is 5.10 Å². The van der Waals surface area contributed by atoms with E-state index in [2.05, 4.69) is 20.3 Å². The maximum Gasteiger partial charge on any atom is 0.337 e. The molecule has 0 aliphatic heterocycles. The van der Waals surface area contributed by atoms with Gasteiger partial charge in [0.2, 0.25) is 5.91 Å². The lowest BCUT2D eigenvalue weighted by molar-refractivity contribution is -0.113. The van der Waals surface area contributed by atoms with Crippen molar-refractivity contribution in [3.05, 3.63) is 60.3 Å². The van der Waals surface area contributed by atoms with E-state index in [1.54, 1.807) is 30.5 Å². The van der Waals surface area contributed by atoms with Crippen LogP contribution in [-0.4, -0.2) is 34.9 Å². The van der Waals surface area contributed by atoms with Gasteiger partial charge in [-0.1, -0.05) is 36.0 Å². The summed E-state index contributed by atoms with van der Waals surface area (Å²) < 4.78 is 4.64. The van der Waals surface area contributed by atoms with Crippen molar-refractivity contribution in [2.45, 2.75) is 5.03 Å². The van der Waals surface area contributed by atoms with E-state index < -0.39 is 5.97 Å². The van der Waals surface area contributed by atoms with Gasteiger partial charge >= 0.3 is 5.97 Å². The number of nitrogens with zero attached hydrogens (tertiary/aromatic N) is 2. The molecule has 0 aliphatic rings. The molecule has 3 aromatic rings. The second-order valence-corrected chi connectivity index (χ2v) is 6.11. The number of ether oxygens (including phenoxy) is 1. The van der Waals surface area contributed by atoms with Crippen LogP contribution in [0.5, 0.6) is 0 Å². The van der Waals surface area contributed by atoms with Gasteiger partial charge in [0.05, 0.1) is 24.6 Å². The van der Waals surface area contributed by atoms with Gasteiger partial charge in [-0.25, -0.2) is 4.79 Å². The Morgan fingerprint density at radius 1 is 1.12 bits per heavy atom. The van der Waals surface area contributed by atoms with Crippen molar-refractivity contribution < 1.29 is 14.3 Å². The highest BCUT2D eigenvalue weighted by Gasteiger charge is 2.09. The molecule has 0 aliphatic carbocycles. The minimum absolute atomic E-state index is 0.162. The van der Waals surface area contributed by atoms with Gasteiger partial charge in [0.15, 0.2) is 0 Å². The highest BCUT2D eigenvalue weighted by Crippen LogP contribution is 2.24. The fourth-order valence-corrected chi connectivity index (χ4v) is 3.03. The van der Waals surface area contributed by atoms with Crippen molar-refractivity contribution in [3.8, 4) is 0 Å². The van der Waals surface area contributed by atoms with E-state index in [-0.39, 0.29) is 11.7 Å². The van der Waals surface area contributed by atoms with Crippen LogP contribution >= 0.6 is 11.8 Å². The number of hydrogen-bond donors (Lipinski definition) is 1. The normalized spacial score (nSPS) is 10.4. The van der Waals surface area contributed by atoms with Gasteiger partial charge < -0.3 is 10.1 Å². The quantitative estimate of drug-likeness (QED) is 0.560. The number of methoxy groups -OCH3 is 1. The van der Waals surface area contributed by atoms with Gasteiger partial charge in [-0.05, 0) is 24.3 Å². The van der Waals surface area contributed by atoms with E-state index in [4.69, 9.17) is 0 Å². The lowest BCUT2D eigenvalue weighted by atomic mass is 10.2. The molecule has 7 heteroatoms. The first-order valence-corrected chi connectivity index (χ1v) is 8.47. The fraction of sp³-hybridized carbons (Fsp3) is 0.111. The Bertz CT molecular complexity index is 908. The van der Waals surface area contributed by atoms with E-state index >= 15 is 0 Å². The van der Waals surface area contributed by atoms with E-state index in [0.29, 0.717) is 16.3 Å². The Hall–Kier alpha value is -2.93. The Labute approximate surface area is 148 Å². The molecule has 0 saturated carbocycles. The number of nitrogens with one attached hydrogen (secondary N) is 1. The molecule has 0 bridgehead atoms. The first kappa shape index (κ1) is 16.9. The molecule has 0 atom stereocenters. The minimum Gasteiger partial charge on any atom is -0.465 e. The topological polar surface area (TPSA) is 81.2 Å². The van der Waals surface area contributed by atoms with Crippen LogP contribution in [-0.2, 0) is 9.53 Å². The molecule has 0 unspecified atom stereocenters. The number of carbonyl (C=O) groups is 2. The van der Waals surface area contributed by atoms with Crippen molar-refractivity contribution in [2.75, 3.05) is 18.2 Å². The number of carbonyl (C=O) groups excluding carboxylic acids is 2. The van der Waals surface area contributed by atoms with Crippen molar-refractivity contribution in [2.24, 2.45) is 0 Å². The number of amides is 1. The first-order chi connectivity index (χ1) is 12.2. The summed E-state index contributed by atoms with van der Waals surface area (Å²) in [7, 11) is 1.32. The monoisotopic (exact) mass is 353 g/mol. The number of esters is 1. The zero-order valence-electron chi connectivity index (χ0n) is 13.4. The van der Waals surface area contributed by atoms with E-state index in [1.807, 2.05) is 24.3 Å². The number of anilines is 1. The molecule has 1 N–H and O–H groups in total. The smallest absolute Gasteiger partial charge is 0.337 e. The maximum absolute atomic E-state index is 12.1. The fourth-order valence-electron chi connectivity index (χ4n) is 2.25. The summed E-state index contributed by atoms with van der Waals surface area (Å²) in [5.74, 6) is -0.366. The number of thioether (sulfide) groups is 1. The van der Waals surface area contributed by atoms with Crippen molar-refractivity contribution in [1.82, 2.24) is 10.2 Å². The molecular weight excluding hydrogens is 338 g/mol. The first-order valence-electron chi connectivity index (χ1n) is 7.49. The van der Waals surface area contributed by atoms with Crippen molar-refractivity contribution >= 4 is 40.1 Å². The van der Waals surface area contributed by atoms with E-state index in [0.717, 1.165) is 10.8 Å². The molecule has 1 amide bonds. The average molecular weight is 353 g/mol. The number of aromatic nitrogens is 2. The van der Waals surface area contributed by atoms with Crippen LogP contribution in [0.2, 0.25) is 0 Å². The summed E-state index contributed by atoms with van der Waals surface area (Å²) in [6.45, 7) is 0. The molecule has 126 valence electrons. The zero-order chi connectivity index (χ0) is 17.6. The molecule has 25 heavy (non-hydrogen) atoms. The molecule has 0 spiro atoms. The SMILES string of the molecule is COC(=O)c1ccc(NC(=O)CSc2nncc3ccccc23)cc1. The average Bonchev–Trinajstić information content (AvgIpc) is 2.66. The summed E-state index contributed by atoms with van der Waals surface area (Å²) in [5, 5.41) is 13.5. The van der Waals surface area contributed by atoms with Crippen LogP contribution in [0, 0.1) is 0 Å². The molecule has 0 fully saturated rings. The summed E-state index contributed by atoms with van der Waals surface area (Å²) in [6.07, 6.45) is 1.70. The van der Waals surface area contributed by atoms with Gasteiger partial charge in [-0.3, -0.25) is 4.79 Å². The van der Waals surface area contributed by atoms with Crippen LogP contribution in [0.4, 0.5) is 5.69 Å². The summed E-state index contributed by atoms with van der Waals surface area (Å²) in [6, 6.07) is 14.3. The second kappa shape index (κ2) is 7.76. The molecular formula is C18H15N3O3S. The van der Waals surface area contributed by atoms with Crippen LogP contribution in [0.15, 0.2) is 59.8 Å². The third-order valence-corrected chi connectivity index (χ3v) is 4.45. The maximum atomic E-state index is 12.1. The van der Waals surface area contributed by atoms with Crippen molar-refractivity contribution in [3.63, 3.8) is 0 Å². The number of rotatable bonds is 5. The van der Waals surface area contributed by atoms with Crippen LogP contribution in [0.1, 0.15) is 10.4 Å². The summed E-state index contributed by atoms with van der Waals surface area (Å²) in [4.78, 5) is 23.5. The van der Waals surface area contributed by atoms with Gasteiger partial charge in [-0.2, -0.15) is 5.10 Å². The number of fused-ring (bicyclic) bond motifs is 1. The highest BCUT2D eigenvalue weighted by atomic mass is 32.2. The third-order valence-electron chi connectivity index (χ3n) is 3.47. The molecule has 6 nitrogen and oxygen atoms in total. The van der Waals surface area contributed by atoms with Gasteiger partial charge in [0.1, 0.15) is 5.03 Å². The standard InChI is InChI=1S/C18H15N3O3S/c1-24-18(23)12-6-8-14(9-7-12)20-16(22)11-25-17-15-5-3-2-4-13(15)10-19-21-17/h2-10H,11H2,1H3,(H,20,22). The lowest BCUT2D eigenvalue weighted by Gasteiger charge is -2.07. The Morgan fingerprint density at radius 2 is 1.88 bits per heavy atom. The predicted molar refractivity (Wildman–Crippen MR) is 96.7 cm³/mol. The second-order valence-electron chi connectivity index (χ2n) is 5.14. The molecule has 1 heterocycles. The Kier molecular flexibility index (Phi) is 5.25.